The standard InChI is InChI=1S/C17H23N3O2/c1-5-19-16-14(10-18-4)11(2)15(12(3)21)17(22)20(16)13-8-6-7-9-13/h10,13H,4-9H2,1-3H3/b14-10-,19-16?. The van der Waals surface area contributed by atoms with Gasteiger partial charge in [0.05, 0.1) is 5.57 Å². The largest absolute Gasteiger partial charge is 0.294 e. The lowest BCUT2D eigenvalue weighted by Crippen LogP contribution is -2.49. The maximum absolute atomic E-state index is 12.9. The van der Waals surface area contributed by atoms with Crippen molar-refractivity contribution in [3.8, 4) is 0 Å². The smallest absolute Gasteiger partial charge is 0.263 e. The van der Waals surface area contributed by atoms with Crippen LogP contribution in [-0.2, 0) is 9.59 Å². The molecule has 1 amide bonds. The molecule has 2 rings (SSSR count). The summed E-state index contributed by atoms with van der Waals surface area (Å²) in [6.07, 6.45) is 5.71. The van der Waals surface area contributed by atoms with Crippen molar-refractivity contribution in [2.24, 2.45) is 9.98 Å². The zero-order valence-corrected chi connectivity index (χ0v) is 13.6. The fourth-order valence-electron chi connectivity index (χ4n) is 3.28. The topological polar surface area (TPSA) is 62.1 Å². The quantitative estimate of drug-likeness (QED) is 0.592. The summed E-state index contributed by atoms with van der Waals surface area (Å²) in [7, 11) is 0. The van der Waals surface area contributed by atoms with E-state index in [-0.39, 0.29) is 23.3 Å². The molecule has 1 heterocycles. The monoisotopic (exact) mass is 301 g/mol. The van der Waals surface area contributed by atoms with Crippen LogP contribution in [0.3, 0.4) is 0 Å². The zero-order chi connectivity index (χ0) is 16.3. The first kappa shape index (κ1) is 16.3. The molecule has 0 aromatic rings. The van der Waals surface area contributed by atoms with Gasteiger partial charge in [-0.05, 0) is 45.9 Å². The minimum Gasteiger partial charge on any atom is -0.294 e. The van der Waals surface area contributed by atoms with Crippen LogP contribution in [0.5, 0.6) is 0 Å². The van der Waals surface area contributed by atoms with Crippen LogP contribution < -0.4 is 0 Å². The molecule has 0 aromatic heterocycles. The molecule has 0 saturated heterocycles. The number of amides is 1. The molecule has 22 heavy (non-hydrogen) atoms. The Hall–Kier alpha value is -2.04. The Morgan fingerprint density at radius 3 is 2.55 bits per heavy atom. The van der Waals surface area contributed by atoms with Crippen LogP contribution >= 0.6 is 0 Å². The van der Waals surface area contributed by atoms with Crippen molar-refractivity contribution in [3.05, 3.63) is 22.9 Å². The molecule has 1 saturated carbocycles. The van der Waals surface area contributed by atoms with Gasteiger partial charge in [0.15, 0.2) is 5.78 Å². The minimum absolute atomic E-state index is 0.119. The van der Waals surface area contributed by atoms with E-state index in [1.807, 2.05) is 6.92 Å². The van der Waals surface area contributed by atoms with E-state index in [4.69, 9.17) is 0 Å². The molecule has 0 N–H and O–H groups in total. The van der Waals surface area contributed by atoms with Gasteiger partial charge in [0, 0.05) is 24.4 Å². The third-order valence-corrected chi connectivity index (χ3v) is 4.25. The second-order valence-electron chi connectivity index (χ2n) is 5.69. The average molecular weight is 301 g/mol. The summed E-state index contributed by atoms with van der Waals surface area (Å²) < 4.78 is 0. The average Bonchev–Trinajstić information content (AvgIpc) is 2.97. The van der Waals surface area contributed by atoms with Crippen LogP contribution in [0.2, 0.25) is 0 Å². The molecule has 0 unspecified atom stereocenters. The lowest BCUT2D eigenvalue weighted by Gasteiger charge is -2.36. The Labute approximate surface area is 131 Å². The third-order valence-electron chi connectivity index (χ3n) is 4.25. The van der Waals surface area contributed by atoms with Gasteiger partial charge in [-0.15, -0.1) is 0 Å². The molecule has 1 aliphatic carbocycles. The molecule has 1 fully saturated rings. The van der Waals surface area contributed by atoms with Crippen molar-refractivity contribution >= 4 is 24.2 Å². The number of carbonyl (C=O) groups excluding carboxylic acids is 2. The number of rotatable bonds is 4. The fraction of sp³-hybridized carbons (Fsp3) is 0.529. The van der Waals surface area contributed by atoms with Gasteiger partial charge in [0.25, 0.3) is 5.91 Å². The van der Waals surface area contributed by atoms with Crippen molar-refractivity contribution < 1.29 is 9.59 Å². The van der Waals surface area contributed by atoms with Gasteiger partial charge in [0.1, 0.15) is 5.84 Å². The number of amidine groups is 1. The summed E-state index contributed by atoms with van der Waals surface area (Å²) in [5.41, 5.74) is 1.62. The fourth-order valence-corrected chi connectivity index (χ4v) is 3.28. The van der Waals surface area contributed by atoms with Crippen molar-refractivity contribution in [2.75, 3.05) is 6.54 Å². The summed E-state index contributed by atoms with van der Waals surface area (Å²) in [6, 6.07) is 0.119. The molecular weight excluding hydrogens is 278 g/mol. The maximum atomic E-state index is 12.9. The number of ketones is 1. The van der Waals surface area contributed by atoms with Crippen LogP contribution in [0.1, 0.15) is 46.5 Å². The Balaban J connectivity index is 2.64. The maximum Gasteiger partial charge on any atom is 0.263 e. The number of carbonyl (C=O) groups is 2. The van der Waals surface area contributed by atoms with Gasteiger partial charge in [-0.1, -0.05) is 12.8 Å². The predicted octanol–water partition coefficient (Wildman–Crippen LogP) is 2.68. The van der Waals surface area contributed by atoms with Gasteiger partial charge in [0.2, 0.25) is 0 Å². The number of hydrogen-bond donors (Lipinski definition) is 0. The highest BCUT2D eigenvalue weighted by Crippen LogP contribution is 2.33. The van der Waals surface area contributed by atoms with Crippen molar-refractivity contribution in [3.63, 3.8) is 0 Å². The highest BCUT2D eigenvalue weighted by atomic mass is 16.2. The van der Waals surface area contributed by atoms with Gasteiger partial charge >= 0.3 is 0 Å². The van der Waals surface area contributed by atoms with E-state index in [0.717, 1.165) is 31.3 Å². The molecule has 1 aliphatic heterocycles. The number of hydrogen-bond acceptors (Lipinski definition) is 4. The van der Waals surface area contributed by atoms with E-state index in [9.17, 15) is 9.59 Å². The number of nitrogens with zero attached hydrogens (tertiary/aromatic N) is 3. The summed E-state index contributed by atoms with van der Waals surface area (Å²) in [5.74, 6) is 0.204. The molecular formula is C17H23N3O2. The summed E-state index contributed by atoms with van der Waals surface area (Å²) >= 11 is 0. The minimum atomic E-state index is -0.217. The van der Waals surface area contributed by atoms with Crippen molar-refractivity contribution in [1.29, 1.82) is 0 Å². The zero-order valence-electron chi connectivity index (χ0n) is 13.6. The third kappa shape index (κ3) is 2.80. The summed E-state index contributed by atoms with van der Waals surface area (Å²) in [6.45, 7) is 9.22. The predicted molar refractivity (Wildman–Crippen MR) is 88.1 cm³/mol. The Bertz CT molecular complexity index is 593. The second-order valence-corrected chi connectivity index (χ2v) is 5.69. The van der Waals surface area contributed by atoms with E-state index >= 15 is 0 Å². The molecule has 0 aromatic carbocycles. The molecule has 0 atom stereocenters. The molecule has 0 spiro atoms. The van der Waals surface area contributed by atoms with Crippen LogP contribution in [0, 0.1) is 0 Å². The number of aliphatic imine (C=N–C) groups is 2. The van der Waals surface area contributed by atoms with Gasteiger partial charge < -0.3 is 0 Å². The van der Waals surface area contributed by atoms with Gasteiger partial charge in [-0.25, -0.2) is 0 Å². The van der Waals surface area contributed by atoms with E-state index in [0.29, 0.717) is 18.0 Å². The Morgan fingerprint density at radius 1 is 1.41 bits per heavy atom. The lowest BCUT2D eigenvalue weighted by atomic mass is 9.91. The summed E-state index contributed by atoms with van der Waals surface area (Å²) in [5, 5.41) is 0. The second kappa shape index (κ2) is 6.81. The summed E-state index contributed by atoms with van der Waals surface area (Å²) in [4.78, 5) is 35.0. The van der Waals surface area contributed by atoms with Crippen LogP contribution in [-0.4, -0.2) is 41.7 Å². The van der Waals surface area contributed by atoms with E-state index in [1.54, 1.807) is 18.0 Å². The molecule has 0 bridgehead atoms. The first-order valence-corrected chi connectivity index (χ1v) is 7.79. The van der Waals surface area contributed by atoms with E-state index < -0.39 is 0 Å². The molecule has 5 heteroatoms. The van der Waals surface area contributed by atoms with Crippen LogP contribution in [0.25, 0.3) is 0 Å². The van der Waals surface area contributed by atoms with Crippen molar-refractivity contribution in [1.82, 2.24) is 4.90 Å². The van der Waals surface area contributed by atoms with E-state index in [2.05, 4.69) is 16.7 Å². The highest BCUT2D eigenvalue weighted by Gasteiger charge is 2.40. The first-order chi connectivity index (χ1) is 10.5. The molecule has 0 radical (unpaired) electrons. The SMILES string of the molecule is C=N/C=C1\C(=NCC)N(C2CCCC2)C(=O)C(C(C)=O)=C1C. The van der Waals surface area contributed by atoms with Gasteiger partial charge in [-0.3, -0.25) is 24.5 Å². The van der Waals surface area contributed by atoms with Gasteiger partial charge in [-0.2, -0.15) is 0 Å². The number of Topliss-reactive ketones (excluding diaryl/α,β-unsaturated/α-hetero) is 1. The Morgan fingerprint density at radius 2 is 2.05 bits per heavy atom. The lowest BCUT2D eigenvalue weighted by molar-refractivity contribution is -0.127. The van der Waals surface area contributed by atoms with Crippen LogP contribution in [0.15, 0.2) is 32.9 Å². The Kier molecular flexibility index (Phi) is 5.06. The molecule has 5 nitrogen and oxygen atoms in total. The molecule has 118 valence electrons. The molecule has 2 aliphatic rings. The normalized spacial score (nSPS) is 23.8. The highest BCUT2D eigenvalue weighted by molar-refractivity contribution is 6.29. The van der Waals surface area contributed by atoms with Crippen molar-refractivity contribution in [2.45, 2.75) is 52.5 Å². The first-order valence-electron chi connectivity index (χ1n) is 7.79. The van der Waals surface area contributed by atoms with Crippen LogP contribution in [0.4, 0.5) is 0 Å². The van der Waals surface area contributed by atoms with E-state index in [1.165, 1.54) is 6.92 Å².